The van der Waals surface area contributed by atoms with Gasteiger partial charge in [-0.3, -0.25) is 0 Å². The van der Waals surface area contributed by atoms with Crippen molar-refractivity contribution < 1.29 is 19.1 Å². The standard InChI is InChI=1S/C33H34O4/c1-7-22(4)20-25-10-12-27(13-11-25)30-19-16-28(21-31(30)37-33(35)24(6)9-3)26-14-17-29(18-15-26)36-32(34)23(5)8-2/h7-19,21H,20H2,1-6H3/b22-7+,23-8+,24-9+. The number of esters is 2. The molecule has 0 saturated heterocycles. The van der Waals surface area contributed by atoms with Crippen LogP contribution in [0.5, 0.6) is 11.5 Å². The van der Waals surface area contributed by atoms with Crippen LogP contribution < -0.4 is 9.47 Å². The fraction of sp³-hybridized carbons (Fsp3) is 0.212. The molecule has 3 rings (SSSR count). The van der Waals surface area contributed by atoms with Gasteiger partial charge in [0, 0.05) is 16.7 Å². The zero-order valence-corrected chi connectivity index (χ0v) is 22.4. The average molecular weight is 495 g/mol. The lowest BCUT2D eigenvalue weighted by Crippen LogP contribution is -2.10. The predicted octanol–water partition coefficient (Wildman–Crippen LogP) is 8.27. The Morgan fingerprint density at radius 1 is 0.649 bits per heavy atom. The quantitative estimate of drug-likeness (QED) is 0.137. The highest BCUT2D eigenvalue weighted by Gasteiger charge is 2.15. The number of carbonyl (C=O) groups excluding carboxylic acids is 2. The van der Waals surface area contributed by atoms with Gasteiger partial charge in [0.15, 0.2) is 0 Å². The van der Waals surface area contributed by atoms with E-state index in [0.717, 1.165) is 28.7 Å². The summed E-state index contributed by atoms with van der Waals surface area (Å²) >= 11 is 0. The first-order valence-electron chi connectivity index (χ1n) is 12.4. The van der Waals surface area contributed by atoms with Crippen LogP contribution in [0.25, 0.3) is 22.3 Å². The zero-order valence-electron chi connectivity index (χ0n) is 22.4. The Bertz CT molecular complexity index is 1350. The van der Waals surface area contributed by atoms with Gasteiger partial charge < -0.3 is 9.47 Å². The van der Waals surface area contributed by atoms with E-state index in [2.05, 4.69) is 37.3 Å². The second kappa shape index (κ2) is 12.7. The molecule has 0 heterocycles. The first kappa shape index (κ1) is 27.4. The van der Waals surface area contributed by atoms with Crippen molar-refractivity contribution in [2.75, 3.05) is 0 Å². The van der Waals surface area contributed by atoms with Crippen molar-refractivity contribution in [3.8, 4) is 33.8 Å². The SMILES string of the molecule is C/C=C(\C)Cc1ccc(-c2ccc(-c3ccc(OC(=O)/C(C)=C/C)cc3)cc2OC(=O)/C(C)=C/C)cc1. The lowest BCUT2D eigenvalue weighted by atomic mass is 9.97. The molecule has 0 unspecified atom stereocenters. The second-order valence-electron chi connectivity index (χ2n) is 8.97. The van der Waals surface area contributed by atoms with E-state index in [0.29, 0.717) is 22.6 Å². The molecule has 0 spiro atoms. The third kappa shape index (κ3) is 7.17. The molecule has 0 amide bonds. The first-order chi connectivity index (χ1) is 17.7. The van der Waals surface area contributed by atoms with E-state index in [9.17, 15) is 9.59 Å². The lowest BCUT2D eigenvalue weighted by molar-refractivity contribution is -0.131. The van der Waals surface area contributed by atoms with Gasteiger partial charge in [0.1, 0.15) is 11.5 Å². The maximum atomic E-state index is 12.7. The maximum Gasteiger partial charge on any atom is 0.338 e. The van der Waals surface area contributed by atoms with Gasteiger partial charge in [0.2, 0.25) is 0 Å². The fourth-order valence-corrected chi connectivity index (χ4v) is 3.57. The molecule has 4 nitrogen and oxygen atoms in total. The Labute approximate surface area is 220 Å². The van der Waals surface area contributed by atoms with Crippen molar-refractivity contribution in [3.05, 3.63) is 107 Å². The summed E-state index contributed by atoms with van der Waals surface area (Å²) in [4.78, 5) is 24.7. The van der Waals surface area contributed by atoms with Crippen LogP contribution in [0.2, 0.25) is 0 Å². The number of hydrogen-bond acceptors (Lipinski definition) is 4. The van der Waals surface area contributed by atoms with Gasteiger partial charge in [-0.25, -0.2) is 9.59 Å². The van der Waals surface area contributed by atoms with E-state index < -0.39 is 0 Å². The Kier molecular flexibility index (Phi) is 9.39. The normalized spacial score (nSPS) is 12.3. The Morgan fingerprint density at radius 2 is 1.19 bits per heavy atom. The topological polar surface area (TPSA) is 52.6 Å². The highest BCUT2D eigenvalue weighted by atomic mass is 16.5. The summed E-state index contributed by atoms with van der Waals surface area (Å²) in [5.74, 6) is 0.193. The van der Waals surface area contributed by atoms with E-state index >= 15 is 0 Å². The number of carbonyl (C=O) groups is 2. The van der Waals surface area contributed by atoms with E-state index in [-0.39, 0.29) is 11.9 Å². The molecular formula is C33H34O4. The predicted molar refractivity (Wildman–Crippen MR) is 151 cm³/mol. The summed E-state index contributed by atoms with van der Waals surface area (Å²) in [6.45, 7) is 11.2. The lowest BCUT2D eigenvalue weighted by Gasteiger charge is -2.14. The number of benzene rings is 3. The number of rotatable bonds is 8. The van der Waals surface area contributed by atoms with E-state index in [4.69, 9.17) is 9.47 Å². The molecule has 0 atom stereocenters. The summed E-state index contributed by atoms with van der Waals surface area (Å²) in [5, 5.41) is 0. The molecule has 0 radical (unpaired) electrons. The first-order valence-corrected chi connectivity index (χ1v) is 12.4. The number of hydrogen-bond donors (Lipinski definition) is 0. The van der Waals surface area contributed by atoms with Crippen molar-refractivity contribution in [2.45, 2.75) is 48.0 Å². The summed E-state index contributed by atoms with van der Waals surface area (Å²) in [7, 11) is 0. The Balaban J connectivity index is 1.95. The monoisotopic (exact) mass is 494 g/mol. The summed E-state index contributed by atoms with van der Waals surface area (Å²) in [6.07, 6.45) is 6.47. The molecule has 4 heteroatoms. The number of allylic oxidation sites excluding steroid dienone is 4. The van der Waals surface area contributed by atoms with Crippen LogP contribution >= 0.6 is 0 Å². The second-order valence-corrected chi connectivity index (χ2v) is 8.97. The van der Waals surface area contributed by atoms with Gasteiger partial charge in [-0.05, 0) is 88.4 Å². The highest BCUT2D eigenvalue weighted by Crippen LogP contribution is 2.35. The molecule has 3 aromatic rings. The highest BCUT2D eigenvalue weighted by molar-refractivity contribution is 5.91. The van der Waals surface area contributed by atoms with Crippen LogP contribution in [0.15, 0.2) is 102 Å². The molecule has 0 fully saturated rings. The smallest absolute Gasteiger partial charge is 0.338 e. The molecule has 0 aliphatic rings. The van der Waals surface area contributed by atoms with E-state index in [1.54, 1.807) is 45.1 Å². The Morgan fingerprint density at radius 3 is 1.76 bits per heavy atom. The molecular weight excluding hydrogens is 460 g/mol. The molecule has 37 heavy (non-hydrogen) atoms. The van der Waals surface area contributed by atoms with Gasteiger partial charge >= 0.3 is 11.9 Å². The van der Waals surface area contributed by atoms with Gasteiger partial charge in [0.05, 0.1) is 0 Å². The molecule has 0 aliphatic carbocycles. The van der Waals surface area contributed by atoms with Gasteiger partial charge in [-0.15, -0.1) is 0 Å². The van der Waals surface area contributed by atoms with Crippen LogP contribution in [0.4, 0.5) is 0 Å². The van der Waals surface area contributed by atoms with Crippen molar-refractivity contribution >= 4 is 11.9 Å². The maximum absolute atomic E-state index is 12.7. The third-order valence-corrected chi connectivity index (χ3v) is 6.33. The molecule has 0 saturated carbocycles. The summed E-state index contributed by atoms with van der Waals surface area (Å²) in [5.41, 5.74) is 7.22. The van der Waals surface area contributed by atoms with Gasteiger partial charge in [-0.2, -0.15) is 0 Å². The average Bonchev–Trinajstić information content (AvgIpc) is 2.92. The van der Waals surface area contributed by atoms with Crippen molar-refractivity contribution in [3.63, 3.8) is 0 Å². The van der Waals surface area contributed by atoms with Gasteiger partial charge in [-0.1, -0.05) is 72.3 Å². The summed E-state index contributed by atoms with van der Waals surface area (Å²) < 4.78 is 11.3. The van der Waals surface area contributed by atoms with E-state index in [1.165, 1.54) is 11.1 Å². The molecule has 0 aromatic heterocycles. The number of ether oxygens (including phenoxy) is 2. The van der Waals surface area contributed by atoms with Crippen molar-refractivity contribution in [1.29, 1.82) is 0 Å². The third-order valence-electron chi connectivity index (χ3n) is 6.33. The van der Waals surface area contributed by atoms with E-state index in [1.807, 2.05) is 44.2 Å². The van der Waals surface area contributed by atoms with Crippen LogP contribution in [0.1, 0.15) is 47.1 Å². The molecule has 0 N–H and O–H groups in total. The minimum absolute atomic E-state index is 0.375. The van der Waals surface area contributed by atoms with Crippen LogP contribution in [-0.2, 0) is 16.0 Å². The minimum atomic E-state index is -0.386. The largest absolute Gasteiger partial charge is 0.423 e. The van der Waals surface area contributed by atoms with Crippen molar-refractivity contribution in [1.82, 2.24) is 0 Å². The minimum Gasteiger partial charge on any atom is -0.423 e. The zero-order chi connectivity index (χ0) is 26.9. The molecule has 3 aromatic carbocycles. The van der Waals surface area contributed by atoms with Crippen LogP contribution in [-0.4, -0.2) is 11.9 Å². The fourth-order valence-electron chi connectivity index (χ4n) is 3.57. The van der Waals surface area contributed by atoms with Crippen molar-refractivity contribution in [2.24, 2.45) is 0 Å². The Hall–Kier alpha value is -4.18. The summed E-state index contributed by atoms with van der Waals surface area (Å²) in [6, 6.07) is 21.4. The molecule has 0 bridgehead atoms. The van der Waals surface area contributed by atoms with Crippen LogP contribution in [0.3, 0.4) is 0 Å². The van der Waals surface area contributed by atoms with Gasteiger partial charge in [0.25, 0.3) is 0 Å². The molecule has 0 aliphatic heterocycles. The molecule has 190 valence electrons. The van der Waals surface area contributed by atoms with Crippen LogP contribution in [0, 0.1) is 0 Å².